The van der Waals surface area contributed by atoms with Crippen LogP contribution in [0.1, 0.15) is 15.9 Å². The van der Waals surface area contributed by atoms with Crippen LogP contribution >= 0.6 is 0 Å². The quantitative estimate of drug-likeness (QED) is 0.507. The summed E-state index contributed by atoms with van der Waals surface area (Å²) in [5, 5.41) is 3.84. The summed E-state index contributed by atoms with van der Waals surface area (Å²) in [6.45, 7) is 0. The van der Waals surface area contributed by atoms with E-state index in [2.05, 4.69) is 10.5 Å². The Hall–Kier alpha value is -2.88. The number of nitrogens with two attached hydrogens (primary N) is 1. The molecule has 0 atom stereocenters. The minimum Gasteiger partial charge on any atom is -0.399 e. The van der Waals surface area contributed by atoms with E-state index in [9.17, 15) is 4.79 Å². The lowest BCUT2D eigenvalue weighted by molar-refractivity contribution is 0.0955. The lowest BCUT2D eigenvalue weighted by atomic mass is 10.2. The van der Waals surface area contributed by atoms with E-state index in [-0.39, 0.29) is 5.91 Å². The molecule has 20 heavy (non-hydrogen) atoms. The standard InChI is InChI=1S/C16H15N3O/c17-15-10-8-14(9-11-15)16(20)19-18-12-4-7-13-5-2-1-3-6-13/h1-12H,17H2,(H,19,20)/b7-4-,18-12+. The summed E-state index contributed by atoms with van der Waals surface area (Å²) in [5.74, 6) is -0.269. The molecule has 100 valence electrons. The molecule has 1 amide bonds. The Morgan fingerprint density at radius 1 is 1.05 bits per heavy atom. The third-order valence-corrected chi connectivity index (χ3v) is 2.59. The minimum atomic E-state index is -0.269. The van der Waals surface area contributed by atoms with E-state index in [0.29, 0.717) is 11.3 Å². The molecule has 0 radical (unpaired) electrons. The molecule has 0 spiro atoms. The van der Waals surface area contributed by atoms with Gasteiger partial charge in [0.05, 0.1) is 0 Å². The Morgan fingerprint density at radius 2 is 1.75 bits per heavy atom. The van der Waals surface area contributed by atoms with Crippen molar-refractivity contribution in [2.45, 2.75) is 0 Å². The number of rotatable bonds is 4. The average molecular weight is 265 g/mol. The molecule has 3 N–H and O–H groups in total. The monoisotopic (exact) mass is 265 g/mol. The van der Waals surface area contributed by atoms with Gasteiger partial charge in [-0.3, -0.25) is 4.79 Å². The highest BCUT2D eigenvalue weighted by Gasteiger charge is 2.02. The van der Waals surface area contributed by atoms with E-state index >= 15 is 0 Å². The SMILES string of the molecule is Nc1ccc(C(=O)N/N=C/C=C\c2ccccc2)cc1. The van der Waals surface area contributed by atoms with Gasteiger partial charge in [0.25, 0.3) is 5.91 Å². The minimum absolute atomic E-state index is 0.269. The molecule has 0 aliphatic carbocycles. The Bertz CT molecular complexity index is 616. The summed E-state index contributed by atoms with van der Waals surface area (Å²) in [5.41, 5.74) is 10.2. The second kappa shape index (κ2) is 6.89. The number of nitrogen functional groups attached to an aromatic ring is 1. The number of carbonyl (C=O) groups excluding carboxylic acids is 1. The molecular formula is C16H15N3O. The third-order valence-electron chi connectivity index (χ3n) is 2.59. The zero-order chi connectivity index (χ0) is 14.2. The normalized spacial score (nSPS) is 11.0. The molecule has 4 nitrogen and oxygen atoms in total. The van der Waals surface area contributed by atoms with Crippen LogP contribution in [0.3, 0.4) is 0 Å². The number of benzene rings is 2. The van der Waals surface area contributed by atoms with Crippen molar-refractivity contribution in [3.05, 3.63) is 71.8 Å². The van der Waals surface area contributed by atoms with Crippen LogP contribution in [0.25, 0.3) is 6.08 Å². The van der Waals surface area contributed by atoms with Gasteiger partial charge in [-0.25, -0.2) is 5.43 Å². The van der Waals surface area contributed by atoms with Crippen LogP contribution in [0.5, 0.6) is 0 Å². The van der Waals surface area contributed by atoms with Gasteiger partial charge < -0.3 is 5.73 Å². The molecule has 2 aromatic rings. The Labute approximate surface area is 117 Å². The summed E-state index contributed by atoms with van der Waals surface area (Å²) >= 11 is 0. The molecule has 0 aliphatic rings. The average Bonchev–Trinajstić information content (AvgIpc) is 2.48. The maximum Gasteiger partial charge on any atom is 0.271 e. The number of amides is 1. The number of hydrogen-bond donors (Lipinski definition) is 2. The fourth-order valence-electron chi connectivity index (χ4n) is 1.56. The summed E-state index contributed by atoms with van der Waals surface area (Å²) < 4.78 is 0. The maximum atomic E-state index is 11.7. The van der Waals surface area contributed by atoms with E-state index < -0.39 is 0 Å². The zero-order valence-corrected chi connectivity index (χ0v) is 10.9. The number of anilines is 1. The first-order valence-electron chi connectivity index (χ1n) is 6.16. The van der Waals surface area contributed by atoms with Gasteiger partial charge in [-0.05, 0) is 35.9 Å². The fraction of sp³-hybridized carbons (Fsp3) is 0. The van der Waals surface area contributed by atoms with E-state index in [1.807, 2.05) is 36.4 Å². The van der Waals surface area contributed by atoms with Crippen molar-refractivity contribution >= 4 is 23.9 Å². The highest BCUT2D eigenvalue weighted by atomic mass is 16.2. The van der Waals surface area contributed by atoms with Gasteiger partial charge in [0.1, 0.15) is 0 Å². The molecule has 0 heterocycles. The lowest BCUT2D eigenvalue weighted by Gasteiger charge is -1.99. The largest absolute Gasteiger partial charge is 0.399 e. The summed E-state index contributed by atoms with van der Waals surface area (Å²) in [6, 6.07) is 16.5. The van der Waals surface area contributed by atoms with Crippen LogP contribution in [0.15, 0.2) is 65.8 Å². The van der Waals surface area contributed by atoms with E-state index in [1.165, 1.54) is 6.21 Å². The summed E-state index contributed by atoms with van der Waals surface area (Å²) in [7, 11) is 0. The number of allylic oxidation sites excluding steroid dienone is 1. The molecular weight excluding hydrogens is 250 g/mol. The number of hydrazone groups is 1. The maximum absolute atomic E-state index is 11.7. The molecule has 2 aromatic carbocycles. The Morgan fingerprint density at radius 3 is 2.45 bits per heavy atom. The van der Waals surface area contributed by atoms with Crippen molar-refractivity contribution in [2.75, 3.05) is 5.73 Å². The molecule has 0 fully saturated rings. The third kappa shape index (κ3) is 4.10. The van der Waals surface area contributed by atoms with Crippen molar-refractivity contribution in [1.29, 1.82) is 0 Å². The van der Waals surface area contributed by atoms with Crippen LogP contribution < -0.4 is 11.2 Å². The lowest BCUT2D eigenvalue weighted by Crippen LogP contribution is -2.17. The topological polar surface area (TPSA) is 67.5 Å². The van der Waals surface area contributed by atoms with Gasteiger partial charge in [0, 0.05) is 17.5 Å². The molecule has 2 rings (SSSR count). The number of carbonyl (C=O) groups is 1. The fourth-order valence-corrected chi connectivity index (χ4v) is 1.56. The van der Waals surface area contributed by atoms with Crippen LogP contribution in [0.4, 0.5) is 5.69 Å². The van der Waals surface area contributed by atoms with Crippen LogP contribution in [-0.4, -0.2) is 12.1 Å². The highest BCUT2D eigenvalue weighted by Crippen LogP contribution is 2.05. The molecule has 4 heteroatoms. The smallest absolute Gasteiger partial charge is 0.271 e. The zero-order valence-electron chi connectivity index (χ0n) is 10.9. The second-order valence-corrected chi connectivity index (χ2v) is 4.11. The van der Waals surface area contributed by atoms with Gasteiger partial charge in [-0.1, -0.05) is 36.4 Å². The first-order valence-corrected chi connectivity index (χ1v) is 6.16. The summed E-state index contributed by atoms with van der Waals surface area (Å²) in [6.07, 6.45) is 5.19. The second-order valence-electron chi connectivity index (χ2n) is 4.11. The van der Waals surface area contributed by atoms with Crippen LogP contribution in [0, 0.1) is 0 Å². The van der Waals surface area contributed by atoms with Gasteiger partial charge in [-0.2, -0.15) is 5.10 Å². The molecule has 0 bridgehead atoms. The van der Waals surface area contributed by atoms with E-state index in [1.54, 1.807) is 30.3 Å². The van der Waals surface area contributed by atoms with Gasteiger partial charge in [-0.15, -0.1) is 0 Å². The number of hydrogen-bond acceptors (Lipinski definition) is 3. The van der Waals surface area contributed by atoms with Crippen molar-refractivity contribution in [3.8, 4) is 0 Å². The molecule has 0 unspecified atom stereocenters. The van der Waals surface area contributed by atoms with Crippen molar-refractivity contribution < 1.29 is 4.79 Å². The first kappa shape index (κ1) is 13.5. The van der Waals surface area contributed by atoms with Crippen molar-refractivity contribution in [3.63, 3.8) is 0 Å². The van der Waals surface area contributed by atoms with Gasteiger partial charge >= 0.3 is 0 Å². The predicted molar refractivity (Wildman–Crippen MR) is 82.3 cm³/mol. The molecule has 0 saturated carbocycles. The van der Waals surface area contributed by atoms with E-state index in [4.69, 9.17) is 5.73 Å². The molecule has 0 aliphatic heterocycles. The van der Waals surface area contributed by atoms with Gasteiger partial charge in [0.2, 0.25) is 0 Å². The van der Waals surface area contributed by atoms with Crippen molar-refractivity contribution in [2.24, 2.45) is 5.10 Å². The Balaban J connectivity index is 1.86. The van der Waals surface area contributed by atoms with Crippen LogP contribution in [0.2, 0.25) is 0 Å². The number of nitrogens with zero attached hydrogens (tertiary/aromatic N) is 1. The van der Waals surface area contributed by atoms with Gasteiger partial charge in [0.15, 0.2) is 0 Å². The molecule has 0 aromatic heterocycles. The van der Waals surface area contributed by atoms with Crippen LogP contribution in [-0.2, 0) is 0 Å². The Kier molecular flexibility index (Phi) is 4.67. The summed E-state index contributed by atoms with van der Waals surface area (Å²) in [4.78, 5) is 11.7. The predicted octanol–water partition coefficient (Wildman–Crippen LogP) is 2.70. The molecule has 0 saturated heterocycles. The number of nitrogens with one attached hydrogen (secondary N) is 1. The first-order chi connectivity index (χ1) is 9.75. The van der Waals surface area contributed by atoms with Crippen molar-refractivity contribution in [1.82, 2.24) is 5.43 Å². The highest BCUT2D eigenvalue weighted by molar-refractivity contribution is 5.95. The van der Waals surface area contributed by atoms with E-state index in [0.717, 1.165) is 5.56 Å².